The summed E-state index contributed by atoms with van der Waals surface area (Å²) in [6.45, 7) is 5.47. The van der Waals surface area contributed by atoms with Gasteiger partial charge in [0.15, 0.2) is 0 Å². The molecule has 0 N–H and O–H groups in total. The Morgan fingerprint density at radius 3 is 2.09 bits per heavy atom. The molecular weight excluding hydrogens is 558 g/mol. The van der Waals surface area contributed by atoms with Crippen LogP contribution in [0.3, 0.4) is 0 Å². The van der Waals surface area contributed by atoms with Crippen molar-refractivity contribution in [1.29, 1.82) is 0 Å². The smallest absolute Gasteiger partial charge is 0.0534 e. The van der Waals surface area contributed by atoms with E-state index in [0.717, 1.165) is 50.0 Å². The largest absolute Gasteiger partial charge is 0.341 e. The number of aryl methyl sites for hydroxylation is 1. The predicted molar refractivity (Wildman–Crippen MR) is 197 cm³/mol. The molecule has 0 spiro atoms. The highest BCUT2D eigenvalue weighted by molar-refractivity contribution is 5.89. The lowest BCUT2D eigenvalue weighted by Gasteiger charge is -2.34. The van der Waals surface area contributed by atoms with Crippen LogP contribution in [0, 0.1) is 0 Å². The third-order valence-electron chi connectivity index (χ3n) is 9.58. The van der Waals surface area contributed by atoms with E-state index in [-0.39, 0.29) is 0 Å². The minimum Gasteiger partial charge on any atom is -0.341 e. The van der Waals surface area contributed by atoms with Gasteiger partial charge in [0.25, 0.3) is 0 Å². The van der Waals surface area contributed by atoms with Gasteiger partial charge in [0, 0.05) is 46.1 Å². The van der Waals surface area contributed by atoms with Gasteiger partial charge in [0.1, 0.15) is 0 Å². The molecule has 4 aromatic carbocycles. The fourth-order valence-electron chi connectivity index (χ4n) is 7.55. The fourth-order valence-corrected chi connectivity index (χ4v) is 7.55. The minimum absolute atomic E-state index is 0.858. The van der Waals surface area contributed by atoms with Gasteiger partial charge in [-0.25, -0.2) is 0 Å². The van der Waals surface area contributed by atoms with Crippen molar-refractivity contribution in [1.82, 2.24) is 4.57 Å². The Balaban J connectivity index is 1.52. The van der Waals surface area contributed by atoms with Crippen molar-refractivity contribution < 1.29 is 0 Å². The van der Waals surface area contributed by atoms with E-state index in [9.17, 15) is 0 Å². The van der Waals surface area contributed by atoms with Gasteiger partial charge < -0.3 is 14.4 Å². The van der Waals surface area contributed by atoms with Crippen LogP contribution < -0.4 is 9.80 Å². The summed E-state index contributed by atoms with van der Waals surface area (Å²) in [5, 5.41) is 1.37. The van der Waals surface area contributed by atoms with E-state index >= 15 is 0 Å². The van der Waals surface area contributed by atoms with E-state index in [1.54, 1.807) is 5.57 Å². The van der Waals surface area contributed by atoms with Crippen molar-refractivity contribution in [3.8, 4) is 5.69 Å². The van der Waals surface area contributed by atoms with E-state index in [2.05, 4.69) is 156 Å². The first-order chi connectivity index (χ1) is 22.8. The summed E-state index contributed by atoms with van der Waals surface area (Å²) in [4.78, 5) is 5.04. The summed E-state index contributed by atoms with van der Waals surface area (Å²) in [6, 6.07) is 37.9. The molecule has 0 saturated heterocycles. The molecule has 1 aliphatic carbocycles. The molecule has 0 amide bonds. The third-order valence-corrected chi connectivity index (χ3v) is 9.58. The summed E-state index contributed by atoms with van der Waals surface area (Å²) >= 11 is 0. The van der Waals surface area contributed by atoms with Crippen LogP contribution in [-0.2, 0) is 12.8 Å². The monoisotopic (exact) mass is 603 g/mol. The van der Waals surface area contributed by atoms with Gasteiger partial charge >= 0.3 is 0 Å². The molecule has 3 heteroatoms. The summed E-state index contributed by atoms with van der Waals surface area (Å²) in [6.07, 6.45) is 18.2. The van der Waals surface area contributed by atoms with E-state index in [1.807, 2.05) is 0 Å². The van der Waals surface area contributed by atoms with Gasteiger partial charge in [-0.1, -0.05) is 99.2 Å². The summed E-state index contributed by atoms with van der Waals surface area (Å²) in [5.41, 5.74) is 13.3. The standard InChI is InChI=1S/C43H45N3/c1-3-19-42-39(4-2)40-26-15-17-28-43(40)46(42)38-31-36(44-29-18-6-5-9-20-33-21-14-16-27-41(33)44)30-37(32-38)45(34-22-10-7-11-23-34)35-24-12-8-13-25-35/h5-13,15,17-18,22-26,28,30-32H,3-4,14,16,19-21,27,29H2,1-2H3/b9-5-,18-6-. The highest BCUT2D eigenvalue weighted by Gasteiger charge is 2.24. The number of aromatic nitrogens is 1. The number of hydrogen-bond donors (Lipinski definition) is 0. The van der Waals surface area contributed by atoms with Gasteiger partial charge in [-0.2, -0.15) is 0 Å². The van der Waals surface area contributed by atoms with Crippen molar-refractivity contribution in [2.45, 2.75) is 65.2 Å². The molecule has 1 aliphatic heterocycles. The van der Waals surface area contributed by atoms with Crippen LogP contribution in [0.15, 0.2) is 139 Å². The molecule has 3 nitrogen and oxygen atoms in total. The Morgan fingerprint density at radius 1 is 0.674 bits per heavy atom. The highest BCUT2D eigenvalue weighted by atomic mass is 15.2. The zero-order chi connectivity index (χ0) is 31.3. The second kappa shape index (κ2) is 13.7. The minimum atomic E-state index is 0.858. The van der Waals surface area contributed by atoms with Crippen molar-refractivity contribution in [3.63, 3.8) is 0 Å². The molecule has 0 atom stereocenters. The van der Waals surface area contributed by atoms with E-state index in [0.29, 0.717) is 0 Å². The van der Waals surface area contributed by atoms with Crippen LogP contribution in [0.5, 0.6) is 0 Å². The van der Waals surface area contributed by atoms with E-state index in [1.165, 1.54) is 64.2 Å². The lowest BCUT2D eigenvalue weighted by atomic mass is 9.92. The first-order valence-electron chi connectivity index (χ1n) is 17.2. The van der Waals surface area contributed by atoms with Crippen LogP contribution in [-0.4, -0.2) is 11.1 Å². The summed E-state index contributed by atoms with van der Waals surface area (Å²) < 4.78 is 2.57. The van der Waals surface area contributed by atoms with Crippen molar-refractivity contribution in [3.05, 3.63) is 150 Å². The van der Waals surface area contributed by atoms with Crippen LogP contribution in [0.1, 0.15) is 63.6 Å². The van der Waals surface area contributed by atoms with Crippen molar-refractivity contribution in [2.24, 2.45) is 0 Å². The molecule has 2 aliphatic rings. The zero-order valence-electron chi connectivity index (χ0n) is 27.3. The maximum absolute atomic E-state index is 2.62. The number of para-hydroxylation sites is 3. The maximum Gasteiger partial charge on any atom is 0.0534 e. The molecule has 5 aromatic rings. The number of nitrogens with zero attached hydrogens (tertiary/aromatic N) is 3. The van der Waals surface area contributed by atoms with Gasteiger partial charge in [-0.05, 0) is 105 Å². The average Bonchev–Trinajstić information content (AvgIpc) is 3.47. The molecule has 7 rings (SSSR count). The van der Waals surface area contributed by atoms with E-state index in [4.69, 9.17) is 0 Å². The second-order valence-electron chi connectivity index (χ2n) is 12.5. The third kappa shape index (κ3) is 5.83. The Kier molecular flexibility index (Phi) is 8.91. The fraction of sp³-hybridized carbons (Fsp3) is 0.256. The molecule has 0 radical (unpaired) electrons. The average molecular weight is 604 g/mol. The normalized spacial score (nSPS) is 16.4. The number of rotatable bonds is 8. The molecule has 2 heterocycles. The molecule has 0 saturated carbocycles. The molecule has 0 bridgehead atoms. The number of benzene rings is 4. The Morgan fingerprint density at radius 2 is 1.35 bits per heavy atom. The van der Waals surface area contributed by atoms with Gasteiger partial charge in [0.2, 0.25) is 0 Å². The van der Waals surface area contributed by atoms with Crippen LogP contribution in [0.4, 0.5) is 22.7 Å². The first-order valence-corrected chi connectivity index (χ1v) is 17.2. The number of allylic oxidation sites excluding steroid dienone is 5. The van der Waals surface area contributed by atoms with Gasteiger partial charge in [-0.3, -0.25) is 0 Å². The summed E-state index contributed by atoms with van der Waals surface area (Å²) in [5.74, 6) is 0. The second-order valence-corrected chi connectivity index (χ2v) is 12.5. The van der Waals surface area contributed by atoms with Crippen LogP contribution in [0.25, 0.3) is 16.6 Å². The zero-order valence-corrected chi connectivity index (χ0v) is 27.3. The molecule has 46 heavy (non-hydrogen) atoms. The van der Waals surface area contributed by atoms with E-state index < -0.39 is 0 Å². The highest BCUT2D eigenvalue weighted by Crippen LogP contribution is 2.42. The Bertz CT molecular complexity index is 1850. The quantitative estimate of drug-likeness (QED) is 0.175. The van der Waals surface area contributed by atoms with Gasteiger partial charge in [0.05, 0.1) is 11.2 Å². The lowest BCUT2D eigenvalue weighted by molar-refractivity contribution is 0.643. The van der Waals surface area contributed by atoms with Crippen LogP contribution >= 0.6 is 0 Å². The number of hydrogen-bond acceptors (Lipinski definition) is 2. The predicted octanol–water partition coefficient (Wildman–Crippen LogP) is 11.8. The Labute approximate surface area is 274 Å². The SMILES string of the molecule is CCCc1c(CC)c2ccccc2n1-c1cc(N2C/C=C\C=C/CC3=C2CCCC3)cc(N(c2ccccc2)c2ccccc2)c1. The lowest BCUT2D eigenvalue weighted by Crippen LogP contribution is -2.26. The van der Waals surface area contributed by atoms with Crippen molar-refractivity contribution >= 4 is 33.7 Å². The molecule has 0 unspecified atom stereocenters. The molecule has 0 fully saturated rings. The molecule has 1 aromatic heterocycles. The van der Waals surface area contributed by atoms with Crippen LogP contribution in [0.2, 0.25) is 0 Å². The number of fused-ring (bicyclic) bond motifs is 1. The maximum atomic E-state index is 2.62. The number of anilines is 4. The molecule has 232 valence electrons. The first kappa shape index (κ1) is 29.9. The molecular formula is C43H45N3. The van der Waals surface area contributed by atoms with Crippen molar-refractivity contribution in [2.75, 3.05) is 16.3 Å². The summed E-state index contributed by atoms with van der Waals surface area (Å²) in [7, 11) is 0. The Hall–Kier alpha value is -4.76. The van der Waals surface area contributed by atoms with Gasteiger partial charge in [-0.15, -0.1) is 0 Å². The topological polar surface area (TPSA) is 11.4 Å².